The van der Waals surface area contributed by atoms with Crippen LogP contribution < -0.4 is 10.6 Å². The number of nitrogens with zero attached hydrogens (tertiary/aromatic N) is 2. The molecule has 8 heteroatoms. The van der Waals surface area contributed by atoms with Gasteiger partial charge in [-0.1, -0.05) is 18.2 Å². The van der Waals surface area contributed by atoms with Crippen molar-refractivity contribution < 1.29 is 8.81 Å². The molecule has 2 heterocycles. The number of oxazole rings is 1. The Morgan fingerprint density at radius 3 is 2.73 bits per heavy atom. The molecule has 0 amide bonds. The molecule has 0 aliphatic rings. The van der Waals surface area contributed by atoms with Crippen LogP contribution in [0.2, 0.25) is 0 Å². The average molecular weight is 486 g/mol. The van der Waals surface area contributed by atoms with Crippen molar-refractivity contribution in [1.29, 1.82) is 0 Å². The lowest BCUT2D eigenvalue weighted by atomic mass is 10.2. The van der Waals surface area contributed by atoms with Crippen molar-refractivity contribution in [3.63, 3.8) is 0 Å². The molecule has 5 nitrogen and oxygen atoms in total. The summed E-state index contributed by atoms with van der Waals surface area (Å²) in [5, 5.41) is 8.39. The van der Waals surface area contributed by atoms with E-state index in [1.54, 1.807) is 29.7 Å². The second kappa shape index (κ2) is 10.3. The Balaban J connectivity index is 0.00000243. The minimum Gasteiger partial charge on any atom is -0.443 e. The van der Waals surface area contributed by atoms with E-state index < -0.39 is 0 Å². The number of aliphatic imine (C=N–C) groups is 1. The largest absolute Gasteiger partial charge is 0.443 e. The molecule has 138 valence electrons. The van der Waals surface area contributed by atoms with Gasteiger partial charge >= 0.3 is 0 Å². The lowest BCUT2D eigenvalue weighted by Gasteiger charge is -2.10. The van der Waals surface area contributed by atoms with Gasteiger partial charge in [0.05, 0.1) is 23.7 Å². The van der Waals surface area contributed by atoms with E-state index in [-0.39, 0.29) is 29.8 Å². The number of halogens is 2. The third-order valence-electron chi connectivity index (χ3n) is 3.40. The molecule has 0 saturated heterocycles. The maximum absolute atomic E-state index is 12.9. The molecule has 0 aliphatic carbocycles. The highest BCUT2D eigenvalue weighted by atomic mass is 127. The predicted octanol–water partition coefficient (Wildman–Crippen LogP) is 4.42. The molecule has 0 fully saturated rings. The van der Waals surface area contributed by atoms with E-state index in [9.17, 15) is 4.39 Å². The lowest BCUT2D eigenvalue weighted by molar-refractivity contribution is 0.573. The first-order chi connectivity index (χ1) is 12.2. The van der Waals surface area contributed by atoms with Crippen molar-refractivity contribution in [1.82, 2.24) is 15.6 Å². The quantitative estimate of drug-likeness (QED) is 0.308. The van der Waals surface area contributed by atoms with Crippen LogP contribution in [0.1, 0.15) is 18.2 Å². The molecule has 0 spiro atoms. The third kappa shape index (κ3) is 5.80. The monoisotopic (exact) mass is 486 g/mol. The fourth-order valence-corrected chi connectivity index (χ4v) is 2.83. The van der Waals surface area contributed by atoms with E-state index in [0.717, 1.165) is 22.7 Å². The smallest absolute Gasteiger partial charge is 0.236 e. The first-order valence-corrected chi connectivity index (χ1v) is 8.87. The summed E-state index contributed by atoms with van der Waals surface area (Å²) < 4.78 is 18.4. The van der Waals surface area contributed by atoms with Gasteiger partial charge in [0.15, 0.2) is 5.96 Å². The number of hydrogen-bond acceptors (Lipinski definition) is 4. The van der Waals surface area contributed by atoms with Crippen molar-refractivity contribution in [2.75, 3.05) is 6.54 Å². The molecule has 2 aromatic heterocycles. The zero-order valence-electron chi connectivity index (χ0n) is 14.2. The number of hydrogen-bond donors (Lipinski definition) is 2. The molecule has 1 aromatic carbocycles. The van der Waals surface area contributed by atoms with E-state index in [0.29, 0.717) is 24.9 Å². The van der Waals surface area contributed by atoms with Crippen LogP contribution in [0.25, 0.3) is 10.8 Å². The molecule has 0 atom stereocenters. The highest BCUT2D eigenvalue weighted by molar-refractivity contribution is 14.0. The molecule has 26 heavy (non-hydrogen) atoms. The van der Waals surface area contributed by atoms with Crippen molar-refractivity contribution in [2.24, 2.45) is 4.99 Å². The van der Waals surface area contributed by atoms with E-state index in [1.807, 2.05) is 24.4 Å². The molecule has 0 radical (unpaired) electrons. The molecule has 0 unspecified atom stereocenters. The maximum atomic E-state index is 12.9. The van der Waals surface area contributed by atoms with Crippen molar-refractivity contribution in [2.45, 2.75) is 20.0 Å². The minimum atomic E-state index is -0.245. The van der Waals surface area contributed by atoms with Crippen LogP contribution in [0.15, 0.2) is 57.5 Å². The Labute approximate surface area is 172 Å². The summed E-state index contributed by atoms with van der Waals surface area (Å²) in [5.41, 5.74) is 1.75. The molecular weight excluding hydrogens is 466 g/mol. The zero-order valence-corrected chi connectivity index (χ0v) is 17.4. The van der Waals surface area contributed by atoms with Crippen molar-refractivity contribution in [3.05, 3.63) is 65.1 Å². The highest BCUT2D eigenvalue weighted by Crippen LogP contribution is 2.23. The van der Waals surface area contributed by atoms with Crippen LogP contribution in [0, 0.1) is 5.82 Å². The van der Waals surface area contributed by atoms with Crippen LogP contribution in [0.3, 0.4) is 0 Å². The standard InChI is InChI=1S/C18H19FN4OS.HI/c1-2-20-18(21-10-13-5-7-14(19)8-6-13)22-11-15-12-24-17(23-15)16-4-3-9-25-16;/h3-9,12H,2,10-11H2,1H3,(H2,20,21,22);1H. The predicted molar refractivity (Wildman–Crippen MR) is 113 cm³/mol. The SMILES string of the molecule is CCNC(=NCc1ccc(F)cc1)NCc1coc(-c2cccs2)n1.I. The van der Waals surface area contributed by atoms with Crippen LogP contribution in [-0.2, 0) is 13.1 Å². The normalized spacial score (nSPS) is 11.1. The summed E-state index contributed by atoms with van der Waals surface area (Å²) in [5.74, 6) is 1.05. The third-order valence-corrected chi connectivity index (χ3v) is 4.26. The lowest BCUT2D eigenvalue weighted by Crippen LogP contribution is -2.36. The fraction of sp³-hybridized carbons (Fsp3) is 0.222. The molecule has 3 aromatic rings. The second-order valence-electron chi connectivity index (χ2n) is 5.30. The summed E-state index contributed by atoms with van der Waals surface area (Å²) in [6.45, 7) is 3.72. The Kier molecular flexibility index (Phi) is 8.05. The molecular formula is C18H20FIN4OS. The van der Waals surface area contributed by atoms with Gasteiger partial charge in [-0.15, -0.1) is 35.3 Å². The highest BCUT2D eigenvalue weighted by Gasteiger charge is 2.08. The Bertz CT molecular complexity index is 818. The van der Waals surface area contributed by atoms with Gasteiger partial charge in [0, 0.05) is 6.54 Å². The first kappa shape index (κ1) is 20.4. The number of thiophene rings is 1. The Morgan fingerprint density at radius 2 is 2.04 bits per heavy atom. The van der Waals surface area contributed by atoms with Gasteiger partial charge in [0.2, 0.25) is 5.89 Å². The van der Waals surface area contributed by atoms with Crippen LogP contribution in [-0.4, -0.2) is 17.5 Å². The maximum Gasteiger partial charge on any atom is 0.236 e. The fourth-order valence-electron chi connectivity index (χ4n) is 2.18. The number of aromatic nitrogens is 1. The minimum absolute atomic E-state index is 0. The summed E-state index contributed by atoms with van der Waals surface area (Å²) in [4.78, 5) is 9.97. The van der Waals surface area contributed by atoms with E-state index in [4.69, 9.17) is 4.42 Å². The summed E-state index contributed by atoms with van der Waals surface area (Å²) in [6, 6.07) is 10.3. The van der Waals surface area contributed by atoms with Crippen molar-refractivity contribution >= 4 is 41.3 Å². The van der Waals surface area contributed by atoms with Crippen molar-refractivity contribution in [3.8, 4) is 10.8 Å². The molecule has 3 rings (SSSR count). The molecule has 0 bridgehead atoms. The number of benzene rings is 1. The van der Waals surface area contributed by atoms with Gasteiger partial charge in [0.1, 0.15) is 12.1 Å². The van der Waals surface area contributed by atoms with Gasteiger partial charge in [0.25, 0.3) is 0 Å². The Hall–Kier alpha value is -1.94. The number of nitrogens with one attached hydrogen (secondary N) is 2. The summed E-state index contributed by atoms with van der Waals surface area (Å²) in [7, 11) is 0. The van der Waals surface area contributed by atoms with Gasteiger partial charge in [-0.2, -0.15) is 0 Å². The van der Waals surface area contributed by atoms with Gasteiger partial charge < -0.3 is 15.1 Å². The van der Waals surface area contributed by atoms with Gasteiger partial charge in [-0.05, 0) is 36.1 Å². The molecule has 2 N–H and O–H groups in total. The first-order valence-electron chi connectivity index (χ1n) is 7.99. The van der Waals surface area contributed by atoms with Gasteiger partial charge in [-0.3, -0.25) is 0 Å². The average Bonchev–Trinajstić information content (AvgIpc) is 3.30. The van der Waals surface area contributed by atoms with E-state index >= 15 is 0 Å². The topological polar surface area (TPSA) is 62.5 Å². The molecule has 0 aliphatic heterocycles. The zero-order chi connectivity index (χ0) is 17.5. The van der Waals surface area contributed by atoms with Crippen LogP contribution in [0.4, 0.5) is 4.39 Å². The van der Waals surface area contributed by atoms with E-state index in [1.165, 1.54) is 12.1 Å². The van der Waals surface area contributed by atoms with Crippen LogP contribution in [0.5, 0.6) is 0 Å². The van der Waals surface area contributed by atoms with Crippen LogP contribution >= 0.6 is 35.3 Å². The summed E-state index contributed by atoms with van der Waals surface area (Å²) in [6.07, 6.45) is 1.64. The Morgan fingerprint density at radius 1 is 1.23 bits per heavy atom. The second-order valence-corrected chi connectivity index (χ2v) is 6.24. The number of rotatable bonds is 6. The number of guanidine groups is 1. The van der Waals surface area contributed by atoms with E-state index in [2.05, 4.69) is 20.6 Å². The summed E-state index contributed by atoms with van der Waals surface area (Å²) >= 11 is 1.59. The molecule has 0 saturated carbocycles. The van der Waals surface area contributed by atoms with Gasteiger partial charge in [-0.25, -0.2) is 14.4 Å².